The van der Waals surface area contributed by atoms with Crippen LogP contribution in [0.5, 0.6) is 11.5 Å². The summed E-state index contributed by atoms with van der Waals surface area (Å²) in [5.74, 6) is 2.67. The molecule has 0 saturated carbocycles. The number of nitrogens with one attached hydrogen (secondary N) is 2. The van der Waals surface area contributed by atoms with Gasteiger partial charge in [0.1, 0.15) is 5.82 Å². The van der Waals surface area contributed by atoms with Gasteiger partial charge in [-0.1, -0.05) is 54.6 Å². The molecule has 0 saturated heterocycles. The van der Waals surface area contributed by atoms with Crippen LogP contribution in [0.3, 0.4) is 0 Å². The molecule has 3 heterocycles. The maximum absolute atomic E-state index is 5.64. The molecule has 2 N–H and O–H groups in total. The average molecular weight is 532 g/mol. The molecule has 5 aromatic rings. The quantitative estimate of drug-likeness (QED) is 0.241. The molecule has 7 heteroatoms. The van der Waals surface area contributed by atoms with E-state index in [1.807, 2.05) is 30.5 Å². The number of pyridine rings is 1. The molecule has 1 atom stereocenters. The van der Waals surface area contributed by atoms with E-state index in [0.717, 1.165) is 72.9 Å². The van der Waals surface area contributed by atoms with Crippen molar-refractivity contribution in [3.05, 3.63) is 119 Å². The lowest BCUT2D eigenvalue weighted by atomic mass is 9.90. The number of para-hydroxylation sites is 3. The Kier molecular flexibility index (Phi) is 6.90. The van der Waals surface area contributed by atoms with Gasteiger partial charge < -0.3 is 19.8 Å². The molecule has 0 radical (unpaired) electrons. The van der Waals surface area contributed by atoms with Crippen molar-refractivity contribution in [1.29, 1.82) is 0 Å². The summed E-state index contributed by atoms with van der Waals surface area (Å²) in [6.45, 7) is 3.38. The molecule has 0 amide bonds. The number of hydrogen-bond acceptors (Lipinski definition) is 6. The Morgan fingerprint density at radius 3 is 2.70 bits per heavy atom. The highest BCUT2D eigenvalue weighted by molar-refractivity contribution is 5.74. The Balaban J connectivity index is 1.07. The predicted octanol–water partition coefficient (Wildman–Crippen LogP) is 6.06. The van der Waals surface area contributed by atoms with Gasteiger partial charge in [0.2, 0.25) is 6.79 Å². The van der Waals surface area contributed by atoms with Gasteiger partial charge in [-0.15, -0.1) is 0 Å². The van der Waals surface area contributed by atoms with E-state index in [1.165, 1.54) is 28.8 Å². The van der Waals surface area contributed by atoms with Gasteiger partial charge in [0, 0.05) is 31.4 Å². The number of nitrogens with zero attached hydrogens (tertiary/aromatic N) is 3. The molecular formula is C33H33N5O2. The van der Waals surface area contributed by atoms with Crippen LogP contribution in [0.15, 0.2) is 85.1 Å². The molecular weight excluding hydrogens is 498 g/mol. The van der Waals surface area contributed by atoms with Gasteiger partial charge in [-0.3, -0.25) is 9.88 Å². The van der Waals surface area contributed by atoms with Gasteiger partial charge >= 0.3 is 0 Å². The summed E-state index contributed by atoms with van der Waals surface area (Å²) in [5.41, 5.74) is 8.33. The highest BCUT2D eigenvalue weighted by Crippen LogP contribution is 2.36. The van der Waals surface area contributed by atoms with Crippen LogP contribution in [-0.4, -0.2) is 26.6 Å². The van der Waals surface area contributed by atoms with Crippen molar-refractivity contribution in [1.82, 2.24) is 25.2 Å². The second-order valence-corrected chi connectivity index (χ2v) is 10.6. The summed E-state index contributed by atoms with van der Waals surface area (Å²) in [7, 11) is 0. The van der Waals surface area contributed by atoms with Crippen molar-refractivity contribution in [3.8, 4) is 11.5 Å². The lowest BCUT2D eigenvalue weighted by Crippen LogP contribution is -2.31. The SMILES string of the molecule is c1cnc2c(c1)CCCC2N(Cc1ccc(CNCc2cccc3c2OCO3)cc1)Cc1nc2ccccc2[nH]1. The number of imidazole rings is 1. The van der Waals surface area contributed by atoms with Crippen LogP contribution in [0.25, 0.3) is 11.0 Å². The molecule has 0 spiro atoms. The lowest BCUT2D eigenvalue weighted by molar-refractivity contribution is 0.153. The Labute approximate surface area is 234 Å². The Hall–Kier alpha value is -4.20. The standard InChI is InChI=1S/C33H33N5O2/c1-2-10-28-27(9-1)36-31(37-28)21-38(29-11-3-6-25-8-5-17-35-32(25)29)20-24-15-13-23(14-16-24)18-34-19-26-7-4-12-30-33(26)40-22-39-30/h1-2,4-5,7-10,12-17,29,34H,3,6,11,18-22H2,(H,36,37). The molecule has 40 heavy (non-hydrogen) atoms. The lowest BCUT2D eigenvalue weighted by Gasteiger charge is -2.34. The number of aryl methyl sites for hydroxylation is 1. The fourth-order valence-electron chi connectivity index (χ4n) is 5.96. The highest BCUT2D eigenvalue weighted by Gasteiger charge is 2.28. The second kappa shape index (κ2) is 11.1. The van der Waals surface area contributed by atoms with E-state index in [2.05, 4.69) is 69.8 Å². The van der Waals surface area contributed by atoms with E-state index >= 15 is 0 Å². The van der Waals surface area contributed by atoms with Crippen LogP contribution in [0, 0.1) is 0 Å². The zero-order valence-corrected chi connectivity index (χ0v) is 22.5. The molecule has 202 valence electrons. The van der Waals surface area contributed by atoms with Crippen molar-refractivity contribution < 1.29 is 9.47 Å². The topological polar surface area (TPSA) is 75.3 Å². The first-order valence-corrected chi connectivity index (χ1v) is 14.1. The molecule has 0 bridgehead atoms. The van der Waals surface area contributed by atoms with Crippen LogP contribution >= 0.6 is 0 Å². The molecule has 1 aliphatic carbocycles. The van der Waals surface area contributed by atoms with Crippen molar-refractivity contribution in [2.75, 3.05) is 6.79 Å². The first-order chi connectivity index (χ1) is 19.8. The summed E-state index contributed by atoms with van der Waals surface area (Å²) in [6, 6.07) is 27.8. The van der Waals surface area contributed by atoms with Crippen LogP contribution in [0.4, 0.5) is 0 Å². The summed E-state index contributed by atoms with van der Waals surface area (Å²) in [6.07, 6.45) is 5.31. The average Bonchev–Trinajstić information content (AvgIpc) is 3.65. The largest absolute Gasteiger partial charge is 0.454 e. The number of aromatic nitrogens is 3. The molecule has 7 nitrogen and oxygen atoms in total. The van der Waals surface area contributed by atoms with E-state index in [0.29, 0.717) is 6.79 Å². The molecule has 0 fully saturated rings. The van der Waals surface area contributed by atoms with Gasteiger partial charge in [0.05, 0.1) is 29.3 Å². The van der Waals surface area contributed by atoms with Gasteiger partial charge in [-0.05, 0) is 60.2 Å². The first kappa shape index (κ1) is 24.8. The normalized spacial score (nSPS) is 16.0. The molecule has 2 aliphatic rings. The monoisotopic (exact) mass is 531 g/mol. The summed E-state index contributed by atoms with van der Waals surface area (Å²) in [4.78, 5) is 15.8. The zero-order valence-electron chi connectivity index (χ0n) is 22.5. The van der Waals surface area contributed by atoms with E-state index in [1.54, 1.807) is 0 Å². The Bertz CT molecular complexity index is 1580. The summed E-state index contributed by atoms with van der Waals surface area (Å²) in [5, 5.41) is 3.55. The minimum Gasteiger partial charge on any atom is -0.454 e. The van der Waals surface area contributed by atoms with Crippen LogP contribution in [-0.2, 0) is 32.6 Å². The number of H-pyrrole nitrogens is 1. The maximum atomic E-state index is 5.64. The third-order valence-corrected chi connectivity index (χ3v) is 7.93. The number of ether oxygens (including phenoxy) is 2. The van der Waals surface area contributed by atoms with Gasteiger partial charge in [-0.2, -0.15) is 0 Å². The molecule has 1 aliphatic heterocycles. The van der Waals surface area contributed by atoms with Gasteiger partial charge in [0.15, 0.2) is 11.5 Å². The molecule has 3 aromatic carbocycles. The molecule has 7 rings (SSSR count). The first-order valence-electron chi connectivity index (χ1n) is 14.1. The van der Waals surface area contributed by atoms with E-state index in [4.69, 9.17) is 19.4 Å². The minimum absolute atomic E-state index is 0.262. The minimum atomic E-state index is 0.262. The highest BCUT2D eigenvalue weighted by atomic mass is 16.7. The number of aromatic amines is 1. The van der Waals surface area contributed by atoms with Crippen molar-refractivity contribution in [2.24, 2.45) is 0 Å². The number of rotatable bonds is 9. The molecule has 1 unspecified atom stereocenters. The van der Waals surface area contributed by atoms with E-state index in [9.17, 15) is 0 Å². The van der Waals surface area contributed by atoms with Crippen molar-refractivity contribution in [2.45, 2.75) is 51.5 Å². The number of benzene rings is 3. The maximum Gasteiger partial charge on any atom is 0.231 e. The number of hydrogen-bond donors (Lipinski definition) is 2. The van der Waals surface area contributed by atoms with Crippen LogP contribution in [0.1, 0.15) is 52.7 Å². The predicted molar refractivity (Wildman–Crippen MR) is 155 cm³/mol. The fourth-order valence-corrected chi connectivity index (χ4v) is 5.96. The number of fused-ring (bicyclic) bond motifs is 3. The summed E-state index contributed by atoms with van der Waals surface area (Å²) < 4.78 is 11.1. The fraction of sp³-hybridized carbons (Fsp3) is 0.273. The van der Waals surface area contributed by atoms with Gasteiger partial charge in [-0.25, -0.2) is 4.98 Å². The van der Waals surface area contributed by atoms with Crippen LogP contribution < -0.4 is 14.8 Å². The smallest absolute Gasteiger partial charge is 0.231 e. The van der Waals surface area contributed by atoms with Crippen molar-refractivity contribution >= 4 is 11.0 Å². The van der Waals surface area contributed by atoms with E-state index < -0.39 is 0 Å². The summed E-state index contributed by atoms with van der Waals surface area (Å²) >= 11 is 0. The zero-order chi connectivity index (χ0) is 26.7. The Morgan fingerprint density at radius 1 is 0.875 bits per heavy atom. The third kappa shape index (κ3) is 5.18. The Morgan fingerprint density at radius 2 is 1.77 bits per heavy atom. The van der Waals surface area contributed by atoms with Gasteiger partial charge in [0.25, 0.3) is 0 Å². The molecule has 2 aromatic heterocycles. The van der Waals surface area contributed by atoms with E-state index in [-0.39, 0.29) is 6.04 Å². The third-order valence-electron chi connectivity index (χ3n) is 7.93. The van der Waals surface area contributed by atoms with Crippen LogP contribution in [0.2, 0.25) is 0 Å². The second-order valence-electron chi connectivity index (χ2n) is 10.6. The van der Waals surface area contributed by atoms with Crippen molar-refractivity contribution in [3.63, 3.8) is 0 Å².